The fourth-order valence-electron chi connectivity index (χ4n) is 6.65. The van der Waals surface area contributed by atoms with E-state index in [0.29, 0.717) is 31.2 Å². The van der Waals surface area contributed by atoms with Crippen molar-refractivity contribution < 1.29 is 33.0 Å². The number of esters is 2. The second-order valence-corrected chi connectivity index (χ2v) is 19.7. The fraction of sp³-hybridized carbons (Fsp3) is 0.750. The topological polar surface area (TPSA) is 100 Å². The van der Waals surface area contributed by atoms with Crippen molar-refractivity contribution in [2.75, 3.05) is 13.2 Å². The zero-order valence-electron chi connectivity index (χ0n) is 28.9. The van der Waals surface area contributed by atoms with E-state index in [0.717, 1.165) is 51.4 Å². The highest BCUT2D eigenvalue weighted by molar-refractivity contribution is 6.74. The summed E-state index contributed by atoms with van der Waals surface area (Å²) in [6.07, 6.45) is 14.9. The number of unbranched alkanes of at least 4 members (excludes halogenated alkanes) is 3. The van der Waals surface area contributed by atoms with E-state index in [-0.39, 0.29) is 59.8 Å². The van der Waals surface area contributed by atoms with Crippen LogP contribution >= 0.6 is 0 Å². The Labute approximate surface area is 272 Å². The van der Waals surface area contributed by atoms with Crippen LogP contribution in [0.3, 0.4) is 0 Å². The molecule has 0 aromatic heterocycles. The summed E-state index contributed by atoms with van der Waals surface area (Å²) in [6.45, 7) is 19.9. The Morgan fingerprint density at radius 2 is 1.84 bits per heavy atom. The lowest BCUT2D eigenvalue weighted by atomic mass is 9.65. The zero-order chi connectivity index (χ0) is 33.2. The van der Waals surface area contributed by atoms with Crippen molar-refractivity contribution in [1.29, 1.82) is 0 Å². The normalized spacial score (nSPS) is 28.4. The first kappa shape index (κ1) is 37.1. The molecule has 0 radical (unpaired) electrons. The van der Waals surface area contributed by atoms with Crippen LogP contribution in [-0.2, 0) is 28.2 Å². The van der Waals surface area contributed by atoms with E-state index in [9.17, 15) is 14.4 Å². The lowest BCUT2D eigenvalue weighted by Gasteiger charge is -2.44. The molecule has 9 heteroatoms. The Morgan fingerprint density at radius 3 is 2.56 bits per heavy atom. The first-order valence-electron chi connectivity index (χ1n) is 17.2. The van der Waals surface area contributed by atoms with Crippen molar-refractivity contribution >= 4 is 26.3 Å². The average molecular weight is 646 g/mol. The Balaban J connectivity index is 1.52. The highest BCUT2D eigenvalue weighted by Crippen LogP contribution is 2.45. The van der Waals surface area contributed by atoms with Crippen LogP contribution in [0.15, 0.2) is 36.5 Å². The number of cyclic esters (lactones) is 1. The summed E-state index contributed by atoms with van der Waals surface area (Å²) in [7, 11) is -2.00. The third-order valence-corrected chi connectivity index (χ3v) is 14.6. The van der Waals surface area contributed by atoms with Gasteiger partial charge in [0.2, 0.25) is 0 Å². The number of ether oxygens (including phenoxy) is 3. The summed E-state index contributed by atoms with van der Waals surface area (Å²) in [4.78, 5) is 37.1. The van der Waals surface area contributed by atoms with Gasteiger partial charge < -0.3 is 24.0 Å². The molecule has 1 fully saturated rings. The maximum atomic E-state index is 12.9. The molecule has 1 aliphatic heterocycles. The maximum absolute atomic E-state index is 12.9. The van der Waals surface area contributed by atoms with Gasteiger partial charge in [-0.3, -0.25) is 9.59 Å². The van der Waals surface area contributed by atoms with Crippen LogP contribution in [0.1, 0.15) is 98.8 Å². The third-order valence-electron chi connectivity index (χ3n) is 10.1. The average Bonchev–Trinajstić information content (AvgIpc) is 2.94. The van der Waals surface area contributed by atoms with E-state index in [1.807, 2.05) is 0 Å². The number of amides is 1. The lowest BCUT2D eigenvalue weighted by Crippen LogP contribution is -2.47. The zero-order valence-corrected chi connectivity index (χ0v) is 29.9. The summed E-state index contributed by atoms with van der Waals surface area (Å²) in [5.74, 6) is 0.677. The van der Waals surface area contributed by atoms with Crippen molar-refractivity contribution in [1.82, 2.24) is 5.32 Å². The minimum atomic E-state index is -2.00. The van der Waals surface area contributed by atoms with E-state index in [2.05, 4.69) is 77.8 Å². The number of hydrogen-bond acceptors (Lipinski definition) is 7. The summed E-state index contributed by atoms with van der Waals surface area (Å²) in [5.41, 5.74) is 1.25. The van der Waals surface area contributed by atoms with Gasteiger partial charge in [-0.15, -0.1) is 0 Å². The first-order chi connectivity index (χ1) is 21.2. The Kier molecular flexibility index (Phi) is 14.0. The van der Waals surface area contributed by atoms with Gasteiger partial charge in [0.1, 0.15) is 18.8 Å². The molecular weight excluding hydrogens is 586 g/mol. The molecule has 0 unspecified atom stereocenters. The Hall–Kier alpha value is -2.39. The third kappa shape index (κ3) is 11.4. The largest absolute Gasteiger partial charge is 0.462 e. The van der Waals surface area contributed by atoms with E-state index < -0.39 is 8.32 Å². The van der Waals surface area contributed by atoms with Crippen molar-refractivity contribution in [2.45, 2.75) is 135 Å². The predicted molar refractivity (Wildman–Crippen MR) is 180 cm³/mol. The van der Waals surface area contributed by atoms with E-state index >= 15 is 0 Å². The standard InChI is InChI=1S/C36H59NO7Si/c1-9-20-41-32(38)14-12-10-11-13-19-37-35(40)43-31-22-25(2)21-27-16-15-26(3)30(34(27)31)18-17-28-23-29(24-33(39)42-28)44-45(7,8)36(4,5)6/h9,15-16,21,25-26,28-31,34H,1,10-14,17-20,22-24H2,2-8H3,(H,37,40)/t25-,26-,28+,29+,30-,31-,34-/m0/s1. The number of rotatable bonds is 15. The molecule has 1 heterocycles. The SMILES string of the molecule is C=CCOC(=O)CCCCCCNC(=O)O[C@H]1C[C@@H](C)C=C2C=C[C@H](C)[C@H](CC[C@@H]3C[C@@H](O[Si](C)(C)C(C)(C)C)CC(=O)O3)[C@H]21. The molecule has 1 N–H and O–H groups in total. The number of carbonyl (C=O) groups is 3. The molecule has 0 spiro atoms. The van der Waals surface area contributed by atoms with E-state index in [1.54, 1.807) is 6.08 Å². The summed E-state index contributed by atoms with van der Waals surface area (Å²) in [6, 6.07) is 0. The Bertz CT molecular complexity index is 1080. The Morgan fingerprint density at radius 1 is 1.11 bits per heavy atom. The van der Waals surface area contributed by atoms with Crippen molar-refractivity contribution in [3.63, 3.8) is 0 Å². The summed E-state index contributed by atoms with van der Waals surface area (Å²) >= 11 is 0. The van der Waals surface area contributed by atoms with Crippen LogP contribution in [0.2, 0.25) is 18.1 Å². The quantitative estimate of drug-likeness (QED) is 0.0633. The smallest absolute Gasteiger partial charge is 0.407 e. The number of nitrogens with one attached hydrogen (secondary N) is 1. The molecule has 3 aliphatic rings. The van der Waals surface area contributed by atoms with Crippen molar-refractivity contribution in [3.8, 4) is 0 Å². The molecule has 0 aromatic carbocycles. The number of alkyl carbamates (subject to hydrolysis) is 1. The molecule has 7 atom stereocenters. The molecule has 0 saturated carbocycles. The van der Waals surface area contributed by atoms with Gasteiger partial charge in [0.25, 0.3) is 0 Å². The van der Waals surface area contributed by atoms with E-state index in [4.69, 9.17) is 18.6 Å². The van der Waals surface area contributed by atoms with Crippen LogP contribution < -0.4 is 5.32 Å². The van der Waals surface area contributed by atoms with Crippen LogP contribution in [-0.4, -0.2) is 57.8 Å². The van der Waals surface area contributed by atoms with Crippen LogP contribution in [0.4, 0.5) is 4.79 Å². The van der Waals surface area contributed by atoms with Crippen LogP contribution in [0.25, 0.3) is 0 Å². The van der Waals surface area contributed by atoms with Gasteiger partial charge in [-0.25, -0.2) is 4.79 Å². The van der Waals surface area contributed by atoms with Gasteiger partial charge in [0, 0.05) is 25.3 Å². The van der Waals surface area contributed by atoms with E-state index in [1.165, 1.54) is 5.57 Å². The van der Waals surface area contributed by atoms with Gasteiger partial charge in [0.15, 0.2) is 8.32 Å². The second kappa shape index (κ2) is 17.0. The molecule has 254 valence electrons. The summed E-state index contributed by atoms with van der Waals surface area (Å²) < 4.78 is 23.6. The molecular formula is C36H59NO7Si. The second-order valence-electron chi connectivity index (χ2n) is 14.9. The molecule has 1 amide bonds. The minimum Gasteiger partial charge on any atom is -0.462 e. The fourth-order valence-corrected chi connectivity index (χ4v) is 8.01. The number of carbonyl (C=O) groups excluding carboxylic acids is 3. The molecule has 8 nitrogen and oxygen atoms in total. The molecule has 3 rings (SSSR count). The van der Waals surface area contributed by atoms with Crippen molar-refractivity contribution in [3.05, 3.63) is 36.5 Å². The number of fused-ring (bicyclic) bond motifs is 1. The first-order valence-corrected chi connectivity index (χ1v) is 20.1. The highest BCUT2D eigenvalue weighted by atomic mass is 28.4. The van der Waals surface area contributed by atoms with Gasteiger partial charge in [-0.05, 0) is 73.6 Å². The maximum Gasteiger partial charge on any atom is 0.407 e. The number of allylic oxidation sites excluding steroid dienone is 3. The highest BCUT2D eigenvalue weighted by Gasteiger charge is 2.44. The summed E-state index contributed by atoms with van der Waals surface area (Å²) in [5, 5.41) is 3.03. The molecule has 45 heavy (non-hydrogen) atoms. The van der Waals surface area contributed by atoms with Gasteiger partial charge in [-0.2, -0.15) is 0 Å². The van der Waals surface area contributed by atoms with Gasteiger partial charge in [-0.1, -0.05) is 78.3 Å². The minimum absolute atomic E-state index is 0.0818. The van der Waals surface area contributed by atoms with Crippen molar-refractivity contribution in [2.24, 2.45) is 23.7 Å². The van der Waals surface area contributed by atoms with Gasteiger partial charge >= 0.3 is 18.0 Å². The van der Waals surface area contributed by atoms with Crippen LogP contribution in [0, 0.1) is 23.7 Å². The monoisotopic (exact) mass is 645 g/mol. The lowest BCUT2D eigenvalue weighted by molar-refractivity contribution is -0.160. The molecule has 1 saturated heterocycles. The van der Waals surface area contributed by atoms with Crippen LogP contribution in [0.5, 0.6) is 0 Å². The predicted octanol–water partition coefficient (Wildman–Crippen LogP) is 8.04. The molecule has 0 bridgehead atoms. The molecule has 0 aromatic rings. The van der Waals surface area contributed by atoms with Gasteiger partial charge in [0.05, 0.1) is 12.5 Å². The number of hydrogen-bond donors (Lipinski definition) is 1. The molecule has 2 aliphatic carbocycles.